The first-order valence-corrected chi connectivity index (χ1v) is 7.00. The molecular weight excluding hydrogens is 196 g/mol. The minimum atomic E-state index is 0.335. The molecular formula is C14H30N2. The Hall–Kier alpha value is -0.0800. The summed E-state index contributed by atoms with van der Waals surface area (Å²) >= 11 is 0. The first-order chi connectivity index (χ1) is 7.57. The maximum atomic E-state index is 5.75. The van der Waals surface area contributed by atoms with Gasteiger partial charge in [0.2, 0.25) is 0 Å². The lowest BCUT2D eigenvalue weighted by atomic mass is 9.87. The molecule has 1 fully saturated rings. The van der Waals surface area contributed by atoms with E-state index in [4.69, 9.17) is 5.73 Å². The largest absolute Gasteiger partial charge is 0.330 e. The third kappa shape index (κ3) is 4.84. The molecule has 0 bridgehead atoms. The molecule has 1 heterocycles. The van der Waals surface area contributed by atoms with Gasteiger partial charge in [-0.05, 0) is 63.2 Å². The summed E-state index contributed by atoms with van der Waals surface area (Å²) in [7, 11) is 0. The van der Waals surface area contributed by atoms with Gasteiger partial charge in [0.15, 0.2) is 0 Å². The molecule has 2 nitrogen and oxygen atoms in total. The van der Waals surface area contributed by atoms with Crippen LogP contribution in [0.15, 0.2) is 0 Å². The van der Waals surface area contributed by atoms with Crippen LogP contribution in [0.25, 0.3) is 0 Å². The van der Waals surface area contributed by atoms with E-state index in [2.05, 4.69) is 25.7 Å². The van der Waals surface area contributed by atoms with Gasteiger partial charge in [-0.25, -0.2) is 0 Å². The van der Waals surface area contributed by atoms with Gasteiger partial charge in [0.05, 0.1) is 0 Å². The summed E-state index contributed by atoms with van der Waals surface area (Å²) in [5, 5.41) is 0. The van der Waals surface area contributed by atoms with Gasteiger partial charge in [-0.15, -0.1) is 0 Å². The lowest BCUT2D eigenvalue weighted by molar-refractivity contribution is 0.171. The molecule has 0 saturated carbocycles. The van der Waals surface area contributed by atoms with Crippen molar-refractivity contribution in [3.05, 3.63) is 0 Å². The maximum absolute atomic E-state index is 5.75. The number of hydrogen-bond donors (Lipinski definition) is 1. The number of likely N-dealkylation sites (tertiary alicyclic amines) is 1. The molecule has 1 saturated heterocycles. The van der Waals surface area contributed by atoms with Crippen LogP contribution in [0.2, 0.25) is 0 Å². The molecule has 0 atom stereocenters. The van der Waals surface area contributed by atoms with Crippen LogP contribution >= 0.6 is 0 Å². The van der Waals surface area contributed by atoms with Crippen molar-refractivity contribution in [1.29, 1.82) is 0 Å². The Morgan fingerprint density at radius 1 is 1.25 bits per heavy atom. The number of rotatable bonds is 6. The normalized spacial score (nSPS) is 20.2. The van der Waals surface area contributed by atoms with E-state index in [1.54, 1.807) is 0 Å². The fraction of sp³-hybridized carbons (Fsp3) is 1.00. The standard InChI is InChI=1S/C14H30N2/c1-4-13-6-10-16(11-7-13)9-5-8-14(2,3)12-15/h13H,4-12,15H2,1-3H3. The van der Waals surface area contributed by atoms with E-state index in [1.807, 2.05) is 0 Å². The zero-order valence-electron chi connectivity index (χ0n) is 11.5. The maximum Gasteiger partial charge on any atom is -0.00161 e. The molecule has 2 heteroatoms. The van der Waals surface area contributed by atoms with Crippen LogP contribution in [0.5, 0.6) is 0 Å². The summed E-state index contributed by atoms with van der Waals surface area (Å²) < 4.78 is 0. The zero-order valence-corrected chi connectivity index (χ0v) is 11.5. The molecule has 0 aliphatic carbocycles. The summed E-state index contributed by atoms with van der Waals surface area (Å²) in [4.78, 5) is 2.64. The average molecular weight is 226 g/mol. The van der Waals surface area contributed by atoms with E-state index >= 15 is 0 Å². The van der Waals surface area contributed by atoms with Crippen LogP contribution in [-0.4, -0.2) is 31.1 Å². The summed E-state index contributed by atoms with van der Waals surface area (Å²) in [6.45, 7) is 11.6. The first kappa shape index (κ1) is 14.0. The van der Waals surface area contributed by atoms with Gasteiger partial charge >= 0.3 is 0 Å². The number of nitrogens with two attached hydrogens (primary N) is 1. The van der Waals surface area contributed by atoms with E-state index < -0.39 is 0 Å². The minimum absolute atomic E-state index is 0.335. The van der Waals surface area contributed by atoms with Gasteiger partial charge in [-0.3, -0.25) is 0 Å². The molecule has 0 aromatic carbocycles. The highest BCUT2D eigenvalue weighted by atomic mass is 15.1. The van der Waals surface area contributed by atoms with Gasteiger partial charge in [-0.2, -0.15) is 0 Å². The van der Waals surface area contributed by atoms with E-state index in [-0.39, 0.29) is 0 Å². The second-order valence-electron chi connectivity index (χ2n) is 6.17. The van der Waals surface area contributed by atoms with Crippen LogP contribution in [0, 0.1) is 11.3 Å². The Balaban J connectivity index is 2.11. The molecule has 1 aliphatic heterocycles. The fourth-order valence-electron chi connectivity index (χ4n) is 2.50. The fourth-order valence-corrected chi connectivity index (χ4v) is 2.50. The van der Waals surface area contributed by atoms with E-state index in [9.17, 15) is 0 Å². The molecule has 96 valence electrons. The molecule has 16 heavy (non-hydrogen) atoms. The summed E-state index contributed by atoms with van der Waals surface area (Å²) in [5.74, 6) is 0.997. The van der Waals surface area contributed by atoms with Crippen molar-refractivity contribution in [2.45, 2.75) is 52.9 Å². The molecule has 2 N–H and O–H groups in total. The predicted octanol–water partition coefficient (Wildman–Crippen LogP) is 2.87. The van der Waals surface area contributed by atoms with Gasteiger partial charge < -0.3 is 10.6 Å². The van der Waals surface area contributed by atoms with Gasteiger partial charge in [0, 0.05) is 0 Å². The van der Waals surface area contributed by atoms with Crippen LogP contribution < -0.4 is 5.73 Å². The van der Waals surface area contributed by atoms with Gasteiger partial charge in [-0.1, -0.05) is 27.2 Å². The van der Waals surface area contributed by atoms with Crippen LogP contribution in [0.3, 0.4) is 0 Å². The monoisotopic (exact) mass is 226 g/mol. The Morgan fingerprint density at radius 3 is 2.38 bits per heavy atom. The minimum Gasteiger partial charge on any atom is -0.330 e. The smallest absolute Gasteiger partial charge is 0.00161 e. The average Bonchev–Trinajstić information content (AvgIpc) is 2.30. The Labute approximate surface area is 102 Å². The SMILES string of the molecule is CCC1CCN(CCCC(C)(C)CN)CC1. The highest BCUT2D eigenvalue weighted by molar-refractivity contribution is 4.74. The number of hydrogen-bond acceptors (Lipinski definition) is 2. The van der Waals surface area contributed by atoms with E-state index in [0.717, 1.165) is 12.5 Å². The molecule has 0 radical (unpaired) electrons. The van der Waals surface area contributed by atoms with E-state index in [0.29, 0.717) is 5.41 Å². The highest BCUT2D eigenvalue weighted by Crippen LogP contribution is 2.23. The summed E-state index contributed by atoms with van der Waals surface area (Å²) in [6, 6.07) is 0. The molecule has 0 amide bonds. The molecule has 0 aromatic heterocycles. The van der Waals surface area contributed by atoms with Gasteiger partial charge in [0.25, 0.3) is 0 Å². The quantitative estimate of drug-likeness (QED) is 0.754. The van der Waals surface area contributed by atoms with Crippen LogP contribution in [0.4, 0.5) is 0 Å². The second-order valence-corrected chi connectivity index (χ2v) is 6.17. The van der Waals surface area contributed by atoms with Crippen molar-refractivity contribution in [3.63, 3.8) is 0 Å². The van der Waals surface area contributed by atoms with Gasteiger partial charge in [0.1, 0.15) is 0 Å². The van der Waals surface area contributed by atoms with Crippen molar-refractivity contribution in [1.82, 2.24) is 4.90 Å². The van der Waals surface area contributed by atoms with Crippen molar-refractivity contribution >= 4 is 0 Å². The van der Waals surface area contributed by atoms with Crippen molar-refractivity contribution in [2.75, 3.05) is 26.2 Å². The first-order valence-electron chi connectivity index (χ1n) is 7.00. The van der Waals surface area contributed by atoms with Crippen LogP contribution in [0.1, 0.15) is 52.9 Å². The highest BCUT2D eigenvalue weighted by Gasteiger charge is 2.19. The number of piperidine rings is 1. The third-order valence-corrected chi connectivity index (χ3v) is 4.16. The molecule has 0 aromatic rings. The zero-order chi connectivity index (χ0) is 12.0. The van der Waals surface area contributed by atoms with Crippen molar-refractivity contribution in [3.8, 4) is 0 Å². The molecule has 1 aliphatic rings. The summed E-state index contributed by atoms with van der Waals surface area (Å²) in [6.07, 6.45) is 6.76. The van der Waals surface area contributed by atoms with E-state index in [1.165, 1.54) is 51.7 Å². The Bertz CT molecular complexity index is 181. The lowest BCUT2D eigenvalue weighted by Gasteiger charge is -2.32. The molecule has 0 unspecified atom stereocenters. The predicted molar refractivity (Wildman–Crippen MR) is 71.5 cm³/mol. The Kier molecular flexibility index (Phi) is 5.77. The van der Waals surface area contributed by atoms with Crippen LogP contribution in [-0.2, 0) is 0 Å². The van der Waals surface area contributed by atoms with Crippen molar-refractivity contribution in [2.24, 2.45) is 17.1 Å². The topological polar surface area (TPSA) is 29.3 Å². The summed E-state index contributed by atoms with van der Waals surface area (Å²) in [5.41, 5.74) is 6.08. The second kappa shape index (κ2) is 6.61. The number of nitrogens with zero attached hydrogens (tertiary/aromatic N) is 1. The molecule has 0 spiro atoms. The molecule has 1 rings (SSSR count). The Morgan fingerprint density at radius 2 is 1.88 bits per heavy atom. The van der Waals surface area contributed by atoms with Crippen molar-refractivity contribution < 1.29 is 0 Å². The third-order valence-electron chi connectivity index (χ3n) is 4.16. The lowest BCUT2D eigenvalue weighted by Crippen LogP contribution is -2.35.